The summed E-state index contributed by atoms with van der Waals surface area (Å²) in [7, 11) is 0. The largest absolute Gasteiger partial charge is 0.338 e. The number of amides is 1. The van der Waals surface area contributed by atoms with Gasteiger partial charge >= 0.3 is 0 Å². The Bertz CT molecular complexity index is 519. The van der Waals surface area contributed by atoms with Crippen LogP contribution in [0.25, 0.3) is 0 Å². The molecule has 6 heteroatoms. The van der Waals surface area contributed by atoms with E-state index in [-0.39, 0.29) is 11.6 Å². The number of nitro groups is 1. The van der Waals surface area contributed by atoms with Crippen molar-refractivity contribution in [3.63, 3.8) is 0 Å². The Morgan fingerprint density at radius 3 is 2.89 bits per heavy atom. The molecule has 2 rings (SSSR count). The highest BCUT2D eigenvalue weighted by molar-refractivity contribution is 9.10. The summed E-state index contributed by atoms with van der Waals surface area (Å²) in [5.74, 6) is 0.431. The van der Waals surface area contributed by atoms with Crippen LogP contribution in [0.3, 0.4) is 0 Å². The monoisotopic (exact) mass is 326 g/mol. The zero-order chi connectivity index (χ0) is 14.0. The Labute approximate surface area is 119 Å². The Morgan fingerprint density at radius 1 is 1.58 bits per heavy atom. The van der Waals surface area contributed by atoms with E-state index in [1.54, 1.807) is 17.0 Å². The minimum Gasteiger partial charge on any atom is -0.338 e. The summed E-state index contributed by atoms with van der Waals surface area (Å²) >= 11 is 3.12. The van der Waals surface area contributed by atoms with Gasteiger partial charge in [0.2, 0.25) is 0 Å². The van der Waals surface area contributed by atoms with Gasteiger partial charge in [-0.25, -0.2) is 0 Å². The predicted octanol–water partition coefficient (Wildman–Crippen LogP) is 3.23. The molecule has 0 aromatic heterocycles. The van der Waals surface area contributed by atoms with Crippen molar-refractivity contribution in [1.82, 2.24) is 4.90 Å². The molecule has 1 aromatic carbocycles. The maximum absolute atomic E-state index is 12.3. The number of likely N-dealkylation sites (tertiary alicyclic amines) is 1. The molecule has 1 aliphatic heterocycles. The Hall–Kier alpha value is -1.43. The third-order valence-electron chi connectivity index (χ3n) is 3.54. The third kappa shape index (κ3) is 2.94. The van der Waals surface area contributed by atoms with Crippen LogP contribution in [0.2, 0.25) is 0 Å². The minimum absolute atomic E-state index is 0.0721. The number of nitro benzene ring substituents is 1. The molecule has 0 N–H and O–H groups in total. The number of hydrogen-bond acceptors (Lipinski definition) is 3. The molecule has 1 heterocycles. The number of carbonyl (C=O) groups is 1. The lowest BCUT2D eigenvalue weighted by Crippen LogP contribution is -2.28. The minimum atomic E-state index is -0.486. The van der Waals surface area contributed by atoms with Crippen LogP contribution in [-0.4, -0.2) is 28.8 Å². The number of carbonyl (C=O) groups excluding carboxylic acids is 1. The number of benzene rings is 1. The average Bonchev–Trinajstić information content (AvgIpc) is 2.87. The van der Waals surface area contributed by atoms with Crippen molar-refractivity contribution in [3.8, 4) is 0 Å². The second-order valence-electron chi connectivity index (χ2n) is 4.74. The number of halogens is 1. The van der Waals surface area contributed by atoms with Gasteiger partial charge in [-0.15, -0.1) is 0 Å². The van der Waals surface area contributed by atoms with E-state index in [2.05, 4.69) is 22.9 Å². The summed E-state index contributed by atoms with van der Waals surface area (Å²) in [4.78, 5) is 24.4. The zero-order valence-electron chi connectivity index (χ0n) is 10.6. The number of rotatable bonds is 3. The molecule has 0 spiro atoms. The van der Waals surface area contributed by atoms with E-state index in [1.165, 1.54) is 6.07 Å². The summed E-state index contributed by atoms with van der Waals surface area (Å²) in [6.45, 7) is 3.60. The molecule has 1 atom stereocenters. The molecule has 1 fully saturated rings. The van der Waals surface area contributed by atoms with Crippen LogP contribution < -0.4 is 0 Å². The van der Waals surface area contributed by atoms with Gasteiger partial charge in [0, 0.05) is 24.7 Å². The molecular weight excluding hydrogens is 312 g/mol. The van der Waals surface area contributed by atoms with Gasteiger partial charge in [0.05, 0.1) is 9.40 Å². The molecule has 1 unspecified atom stereocenters. The van der Waals surface area contributed by atoms with Crippen molar-refractivity contribution < 1.29 is 9.72 Å². The van der Waals surface area contributed by atoms with Gasteiger partial charge < -0.3 is 4.90 Å². The van der Waals surface area contributed by atoms with Crippen molar-refractivity contribution in [1.29, 1.82) is 0 Å². The summed E-state index contributed by atoms with van der Waals surface area (Å²) in [6, 6.07) is 4.52. The highest BCUT2D eigenvalue weighted by atomic mass is 79.9. The van der Waals surface area contributed by atoms with Crippen LogP contribution >= 0.6 is 15.9 Å². The first kappa shape index (κ1) is 14.0. The fourth-order valence-electron chi connectivity index (χ4n) is 2.32. The fourth-order valence-corrected chi connectivity index (χ4v) is 2.71. The van der Waals surface area contributed by atoms with E-state index in [0.29, 0.717) is 16.0 Å². The lowest BCUT2D eigenvalue weighted by Gasteiger charge is -2.16. The van der Waals surface area contributed by atoms with E-state index in [0.717, 1.165) is 25.9 Å². The first-order chi connectivity index (χ1) is 9.02. The predicted molar refractivity (Wildman–Crippen MR) is 75.1 cm³/mol. The van der Waals surface area contributed by atoms with Crippen LogP contribution in [0, 0.1) is 16.0 Å². The lowest BCUT2D eigenvalue weighted by atomic mass is 10.1. The molecule has 1 saturated heterocycles. The highest BCUT2D eigenvalue weighted by Gasteiger charge is 2.27. The molecule has 0 bridgehead atoms. The van der Waals surface area contributed by atoms with Gasteiger partial charge in [-0.2, -0.15) is 0 Å². The van der Waals surface area contributed by atoms with Gasteiger partial charge in [0.25, 0.3) is 11.6 Å². The second-order valence-corrected chi connectivity index (χ2v) is 5.59. The standard InChI is InChI=1S/C13H15BrN2O3/c1-2-9-5-6-15(8-9)13(17)10-3-4-11(14)12(7-10)16(18)19/h3-4,7,9H,2,5-6,8H2,1H3. The maximum atomic E-state index is 12.3. The smallest absolute Gasteiger partial charge is 0.284 e. The van der Waals surface area contributed by atoms with Crippen molar-refractivity contribution in [2.45, 2.75) is 19.8 Å². The van der Waals surface area contributed by atoms with Gasteiger partial charge in [0.15, 0.2) is 0 Å². The Balaban J connectivity index is 2.20. The summed E-state index contributed by atoms with van der Waals surface area (Å²) < 4.78 is 0.391. The molecule has 1 aromatic rings. The van der Waals surface area contributed by atoms with Crippen LogP contribution in [0.15, 0.2) is 22.7 Å². The quantitative estimate of drug-likeness (QED) is 0.632. The van der Waals surface area contributed by atoms with E-state index < -0.39 is 4.92 Å². The normalized spacial score (nSPS) is 18.6. The van der Waals surface area contributed by atoms with Crippen LogP contribution in [-0.2, 0) is 0 Å². The zero-order valence-corrected chi connectivity index (χ0v) is 12.2. The average molecular weight is 327 g/mol. The summed E-state index contributed by atoms with van der Waals surface area (Å²) in [5.41, 5.74) is 0.309. The van der Waals surface area contributed by atoms with E-state index in [4.69, 9.17) is 0 Å². The highest BCUT2D eigenvalue weighted by Crippen LogP contribution is 2.27. The number of nitrogens with zero attached hydrogens (tertiary/aromatic N) is 2. The second kappa shape index (κ2) is 5.69. The number of hydrogen-bond donors (Lipinski definition) is 0. The third-order valence-corrected chi connectivity index (χ3v) is 4.21. The van der Waals surface area contributed by atoms with Crippen LogP contribution in [0.4, 0.5) is 5.69 Å². The fraction of sp³-hybridized carbons (Fsp3) is 0.462. The summed E-state index contributed by atoms with van der Waals surface area (Å²) in [5, 5.41) is 10.9. The van der Waals surface area contributed by atoms with Crippen molar-refractivity contribution in [2.75, 3.05) is 13.1 Å². The first-order valence-corrected chi connectivity index (χ1v) is 7.05. The Kier molecular flexibility index (Phi) is 4.19. The molecule has 1 amide bonds. The molecule has 1 aliphatic rings. The van der Waals surface area contributed by atoms with Gasteiger partial charge in [-0.1, -0.05) is 13.3 Å². The molecule has 5 nitrogen and oxygen atoms in total. The molecular formula is C13H15BrN2O3. The van der Waals surface area contributed by atoms with Gasteiger partial charge in [-0.05, 0) is 40.4 Å². The van der Waals surface area contributed by atoms with Crippen molar-refractivity contribution >= 4 is 27.5 Å². The summed E-state index contributed by atoms with van der Waals surface area (Å²) in [6.07, 6.45) is 2.07. The van der Waals surface area contributed by atoms with E-state index in [9.17, 15) is 14.9 Å². The molecule has 0 aliphatic carbocycles. The van der Waals surface area contributed by atoms with Gasteiger partial charge in [-0.3, -0.25) is 14.9 Å². The van der Waals surface area contributed by atoms with Gasteiger partial charge in [0.1, 0.15) is 0 Å². The SMILES string of the molecule is CCC1CCN(C(=O)c2ccc(Br)c([N+](=O)[O-])c2)C1. The lowest BCUT2D eigenvalue weighted by molar-refractivity contribution is -0.385. The van der Waals surface area contributed by atoms with E-state index in [1.807, 2.05) is 0 Å². The molecule has 0 saturated carbocycles. The first-order valence-electron chi connectivity index (χ1n) is 6.26. The van der Waals surface area contributed by atoms with Crippen LogP contribution in [0.1, 0.15) is 30.1 Å². The maximum Gasteiger partial charge on any atom is 0.284 e. The van der Waals surface area contributed by atoms with Crippen molar-refractivity contribution in [3.05, 3.63) is 38.3 Å². The van der Waals surface area contributed by atoms with E-state index >= 15 is 0 Å². The van der Waals surface area contributed by atoms with Crippen molar-refractivity contribution in [2.24, 2.45) is 5.92 Å². The topological polar surface area (TPSA) is 63.5 Å². The Morgan fingerprint density at radius 2 is 2.32 bits per heavy atom. The molecule has 19 heavy (non-hydrogen) atoms. The molecule has 102 valence electrons. The molecule has 0 radical (unpaired) electrons. The van der Waals surface area contributed by atoms with Crippen LogP contribution in [0.5, 0.6) is 0 Å².